The van der Waals surface area contributed by atoms with E-state index >= 15 is 0 Å². The Kier molecular flexibility index (Phi) is 4.53. The van der Waals surface area contributed by atoms with E-state index < -0.39 is 0 Å². The molecule has 1 aromatic rings. The van der Waals surface area contributed by atoms with Gasteiger partial charge in [0.1, 0.15) is 0 Å². The minimum Gasteiger partial charge on any atom is -0.351 e. The maximum absolute atomic E-state index is 11.7. The fourth-order valence-electron chi connectivity index (χ4n) is 1.89. The third kappa shape index (κ3) is 3.80. The molecule has 2 rings (SSSR count). The van der Waals surface area contributed by atoms with Gasteiger partial charge in [-0.15, -0.1) is 0 Å². The first-order valence-electron chi connectivity index (χ1n) is 5.97. The van der Waals surface area contributed by atoms with E-state index in [1.165, 1.54) is 11.1 Å². The first kappa shape index (κ1) is 12.5. The lowest BCUT2D eigenvalue weighted by molar-refractivity contribution is -0.122. The molecule has 1 aliphatic rings. The number of piperazine rings is 1. The van der Waals surface area contributed by atoms with E-state index in [2.05, 4.69) is 33.2 Å². The number of hydrogen-bond acceptors (Lipinski definition) is 4. The van der Waals surface area contributed by atoms with Crippen molar-refractivity contribution in [3.63, 3.8) is 0 Å². The molecule has 0 atom stereocenters. The lowest BCUT2D eigenvalue weighted by Crippen LogP contribution is -2.47. The molecule has 94 valence electrons. The summed E-state index contributed by atoms with van der Waals surface area (Å²) in [5, 5.41) is 10.5. The van der Waals surface area contributed by atoms with E-state index in [-0.39, 0.29) is 5.91 Å². The van der Waals surface area contributed by atoms with Gasteiger partial charge in [0, 0.05) is 32.7 Å². The second kappa shape index (κ2) is 6.14. The molecule has 0 bridgehead atoms. The number of nitrogens with zero attached hydrogens (tertiary/aromatic N) is 1. The quantitative estimate of drug-likeness (QED) is 0.825. The Morgan fingerprint density at radius 2 is 2.24 bits per heavy atom. The molecule has 17 heavy (non-hydrogen) atoms. The number of carbonyl (C=O) groups excluding carboxylic acids is 1. The summed E-state index contributed by atoms with van der Waals surface area (Å²) in [5.74, 6) is 0.123. The van der Waals surface area contributed by atoms with Crippen LogP contribution in [0.15, 0.2) is 10.8 Å². The SMILES string of the molecule is Cc1cscc1CNC(=O)CN1CCNCC1. The summed E-state index contributed by atoms with van der Waals surface area (Å²) >= 11 is 1.68. The molecule has 0 aliphatic carbocycles. The number of hydrogen-bond donors (Lipinski definition) is 2. The van der Waals surface area contributed by atoms with E-state index in [0.29, 0.717) is 13.1 Å². The van der Waals surface area contributed by atoms with Gasteiger partial charge in [-0.3, -0.25) is 9.69 Å². The molecule has 1 aliphatic heterocycles. The first-order valence-corrected chi connectivity index (χ1v) is 6.91. The van der Waals surface area contributed by atoms with Gasteiger partial charge in [0.05, 0.1) is 6.54 Å². The van der Waals surface area contributed by atoms with Gasteiger partial charge in [-0.25, -0.2) is 0 Å². The van der Waals surface area contributed by atoms with E-state index in [0.717, 1.165) is 26.2 Å². The van der Waals surface area contributed by atoms with Crippen molar-refractivity contribution in [2.75, 3.05) is 32.7 Å². The highest BCUT2D eigenvalue weighted by Crippen LogP contribution is 2.12. The Morgan fingerprint density at radius 3 is 2.88 bits per heavy atom. The van der Waals surface area contributed by atoms with E-state index in [9.17, 15) is 4.79 Å². The Morgan fingerprint density at radius 1 is 1.47 bits per heavy atom. The molecule has 0 unspecified atom stereocenters. The Labute approximate surface area is 106 Å². The number of rotatable bonds is 4. The van der Waals surface area contributed by atoms with Crippen molar-refractivity contribution in [1.82, 2.24) is 15.5 Å². The van der Waals surface area contributed by atoms with E-state index in [1.807, 2.05) is 0 Å². The van der Waals surface area contributed by atoms with Crippen LogP contribution in [0, 0.1) is 6.92 Å². The molecule has 0 spiro atoms. The molecule has 2 N–H and O–H groups in total. The van der Waals surface area contributed by atoms with Gasteiger partial charge < -0.3 is 10.6 Å². The van der Waals surface area contributed by atoms with Gasteiger partial charge in [0.2, 0.25) is 5.91 Å². The molecule has 5 heteroatoms. The van der Waals surface area contributed by atoms with Gasteiger partial charge in [0.25, 0.3) is 0 Å². The number of aryl methyl sites for hydroxylation is 1. The van der Waals surface area contributed by atoms with Gasteiger partial charge >= 0.3 is 0 Å². The molecule has 2 heterocycles. The molecule has 0 aromatic carbocycles. The highest BCUT2D eigenvalue weighted by atomic mass is 32.1. The zero-order valence-electron chi connectivity index (χ0n) is 10.2. The van der Waals surface area contributed by atoms with Crippen molar-refractivity contribution in [1.29, 1.82) is 0 Å². The van der Waals surface area contributed by atoms with Crippen LogP contribution in [0.25, 0.3) is 0 Å². The molecule has 1 aromatic heterocycles. The van der Waals surface area contributed by atoms with Gasteiger partial charge in [-0.2, -0.15) is 11.3 Å². The highest BCUT2D eigenvalue weighted by molar-refractivity contribution is 7.08. The normalized spacial score (nSPS) is 17.0. The Hall–Kier alpha value is -0.910. The van der Waals surface area contributed by atoms with Crippen LogP contribution >= 0.6 is 11.3 Å². The van der Waals surface area contributed by atoms with Gasteiger partial charge in [0.15, 0.2) is 0 Å². The van der Waals surface area contributed by atoms with Crippen LogP contribution in [0.5, 0.6) is 0 Å². The predicted molar refractivity (Wildman–Crippen MR) is 70.2 cm³/mol. The molecule has 0 saturated carbocycles. The van der Waals surface area contributed by atoms with Crippen molar-refractivity contribution >= 4 is 17.2 Å². The van der Waals surface area contributed by atoms with Crippen LogP contribution in [0.3, 0.4) is 0 Å². The number of thiophene rings is 1. The fraction of sp³-hybridized carbons (Fsp3) is 0.583. The topological polar surface area (TPSA) is 44.4 Å². The number of amides is 1. The third-order valence-electron chi connectivity index (χ3n) is 3.01. The van der Waals surface area contributed by atoms with Crippen molar-refractivity contribution in [2.24, 2.45) is 0 Å². The molecule has 1 saturated heterocycles. The number of nitrogens with one attached hydrogen (secondary N) is 2. The molecular formula is C12H19N3OS. The zero-order valence-corrected chi connectivity index (χ0v) is 11.0. The monoisotopic (exact) mass is 253 g/mol. The van der Waals surface area contributed by atoms with Crippen LogP contribution in [0.4, 0.5) is 0 Å². The van der Waals surface area contributed by atoms with E-state index in [4.69, 9.17) is 0 Å². The van der Waals surface area contributed by atoms with E-state index in [1.54, 1.807) is 11.3 Å². The molecule has 4 nitrogen and oxygen atoms in total. The highest BCUT2D eigenvalue weighted by Gasteiger charge is 2.13. The van der Waals surface area contributed by atoms with Crippen LogP contribution in [0.2, 0.25) is 0 Å². The third-order valence-corrected chi connectivity index (χ3v) is 3.92. The predicted octanol–water partition coefficient (Wildman–Crippen LogP) is 0.578. The molecule has 1 amide bonds. The Bertz CT molecular complexity index is 372. The lowest BCUT2D eigenvalue weighted by Gasteiger charge is -2.26. The maximum atomic E-state index is 11.7. The molecule has 0 radical (unpaired) electrons. The van der Waals surface area contributed by atoms with Crippen molar-refractivity contribution in [3.05, 3.63) is 21.9 Å². The fourth-order valence-corrected chi connectivity index (χ4v) is 2.75. The molecular weight excluding hydrogens is 234 g/mol. The average Bonchev–Trinajstić information content (AvgIpc) is 2.74. The summed E-state index contributed by atoms with van der Waals surface area (Å²) in [6, 6.07) is 0. The van der Waals surface area contributed by atoms with Crippen LogP contribution < -0.4 is 10.6 Å². The minimum absolute atomic E-state index is 0.123. The smallest absolute Gasteiger partial charge is 0.234 e. The summed E-state index contributed by atoms with van der Waals surface area (Å²) in [6.07, 6.45) is 0. The molecule has 1 fully saturated rings. The first-order chi connectivity index (χ1) is 8.25. The van der Waals surface area contributed by atoms with Crippen LogP contribution in [-0.4, -0.2) is 43.5 Å². The average molecular weight is 253 g/mol. The summed E-state index contributed by atoms with van der Waals surface area (Å²) in [5.41, 5.74) is 2.49. The largest absolute Gasteiger partial charge is 0.351 e. The lowest BCUT2D eigenvalue weighted by atomic mass is 10.2. The number of carbonyl (C=O) groups is 1. The summed E-state index contributed by atoms with van der Waals surface area (Å²) in [7, 11) is 0. The van der Waals surface area contributed by atoms with Crippen LogP contribution in [-0.2, 0) is 11.3 Å². The van der Waals surface area contributed by atoms with Crippen molar-refractivity contribution in [2.45, 2.75) is 13.5 Å². The second-order valence-corrected chi connectivity index (χ2v) is 5.13. The summed E-state index contributed by atoms with van der Waals surface area (Å²) in [4.78, 5) is 13.9. The summed E-state index contributed by atoms with van der Waals surface area (Å²) in [6.45, 7) is 7.14. The standard InChI is InChI=1S/C12H19N3OS/c1-10-8-17-9-11(10)6-14-12(16)7-15-4-2-13-3-5-15/h8-9,13H,2-7H2,1H3,(H,14,16). The minimum atomic E-state index is 0.123. The summed E-state index contributed by atoms with van der Waals surface area (Å²) < 4.78 is 0. The second-order valence-electron chi connectivity index (χ2n) is 4.38. The maximum Gasteiger partial charge on any atom is 0.234 e. The van der Waals surface area contributed by atoms with Gasteiger partial charge in [-0.05, 0) is 28.8 Å². The Balaban J connectivity index is 1.72. The van der Waals surface area contributed by atoms with Crippen molar-refractivity contribution < 1.29 is 4.79 Å². The van der Waals surface area contributed by atoms with Gasteiger partial charge in [-0.1, -0.05) is 0 Å². The zero-order chi connectivity index (χ0) is 12.1. The van der Waals surface area contributed by atoms with Crippen LogP contribution in [0.1, 0.15) is 11.1 Å². The van der Waals surface area contributed by atoms with Crippen molar-refractivity contribution in [3.8, 4) is 0 Å².